The van der Waals surface area contributed by atoms with Crippen LogP contribution in [0.3, 0.4) is 0 Å². The predicted octanol–water partition coefficient (Wildman–Crippen LogP) is 2.34. The van der Waals surface area contributed by atoms with Crippen LogP contribution in [0, 0.1) is 0 Å². The van der Waals surface area contributed by atoms with Crippen LogP contribution in [0.2, 0.25) is 5.22 Å². The third kappa shape index (κ3) is 2.37. The molecule has 2 N–H and O–H groups in total. The number of rotatable bonds is 4. The maximum atomic E-state index is 5.84. The molecule has 0 radical (unpaired) electrons. The Labute approximate surface area is 96.1 Å². The number of furan rings is 1. The molecule has 0 aliphatic rings. The van der Waals surface area contributed by atoms with Crippen molar-refractivity contribution >= 4 is 22.9 Å². The summed E-state index contributed by atoms with van der Waals surface area (Å²) in [5, 5.41) is 10.2. The fourth-order valence-electron chi connectivity index (χ4n) is 1.16. The fraction of sp³-hybridized carbons (Fsp3) is 0.333. The summed E-state index contributed by atoms with van der Waals surface area (Å²) in [7, 11) is 0. The van der Waals surface area contributed by atoms with E-state index in [1.807, 2.05) is 0 Å². The average molecular weight is 244 g/mol. The van der Waals surface area contributed by atoms with Crippen LogP contribution in [0.15, 0.2) is 16.7 Å². The zero-order valence-corrected chi connectivity index (χ0v) is 9.51. The van der Waals surface area contributed by atoms with Crippen molar-refractivity contribution in [2.75, 3.05) is 6.54 Å². The van der Waals surface area contributed by atoms with Crippen LogP contribution in [-0.4, -0.2) is 16.7 Å². The van der Waals surface area contributed by atoms with Gasteiger partial charge in [0.2, 0.25) is 5.22 Å². The first-order valence-corrected chi connectivity index (χ1v) is 5.76. The molecule has 0 bridgehead atoms. The highest BCUT2D eigenvalue weighted by Gasteiger charge is 2.11. The number of nitrogens with zero attached hydrogens (tertiary/aromatic N) is 2. The van der Waals surface area contributed by atoms with E-state index in [0.717, 1.165) is 28.4 Å². The Morgan fingerprint density at radius 3 is 3.00 bits per heavy atom. The van der Waals surface area contributed by atoms with Gasteiger partial charge in [0.05, 0.1) is 11.8 Å². The number of aryl methyl sites for hydroxylation is 1. The molecule has 0 saturated heterocycles. The molecule has 0 unspecified atom stereocenters. The molecule has 0 fully saturated rings. The number of nitrogens with two attached hydrogens (primary N) is 1. The maximum Gasteiger partial charge on any atom is 0.203 e. The lowest BCUT2D eigenvalue weighted by Gasteiger charge is -1.89. The molecular weight excluding hydrogens is 234 g/mol. The third-order valence-electron chi connectivity index (χ3n) is 1.91. The minimum absolute atomic E-state index is 0.358. The smallest absolute Gasteiger partial charge is 0.203 e. The Morgan fingerprint density at radius 1 is 1.47 bits per heavy atom. The highest BCUT2D eigenvalue weighted by molar-refractivity contribution is 7.14. The number of halogens is 1. The van der Waals surface area contributed by atoms with Crippen LogP contribution in [0.1, 0.15) is 11.4 Å². The van der Waals surface area contributed by atoms with Crippen molar-refractivity contribution in [2.24, 2.45) is 5.73 Å². The van der Waals surface area contributed by atoms with E-state index >= 15 is 0 Å². The molecule has 80 valence electrons. The van der Waals surface area contributed by atoms with E-state index in [-0.39, 0.29) is 0 Å². The standard InChI is InChI=1S/C9H10ClN3OS/c10-8-6(3-5-14-8)9-13-12-7(15-9)2-1-4-11/h3,5H,1-2,4,11H2. The summed E-state index contributed by atoms with van der Waals surface area (Å²) < 4.78 is 4.99. The second-order valence-electron chi connectivity index (χ2n) is 3.00. The molecule has 0 aliphatic heterocycles. The number of hydrogen-bond acceptors (Lipinski definition) is 5. The lowest BCUT2D eigenvalue weighted by molar-refractivity contribution is 0.570. The minimum atomic E-state index is 0.358. The molecule has 2 heterocycles. The zero-order chi connectivity index (χ0) is 10.7. The quantitative estimate of drug-likeness (QED) is 0.895. The van der Waals surface area contributed by atoms with E-state index in [4.69, 9.17) is 21.8 Å². The molecule has 0 atom stereocenters. The maximum absolute atomic E-state index is 5.84. The monoisotopic (exact) mass is 243 g/mol. The molecule has 2 rings (SSSR count). The summed E-state index contributed by atoms with van der Waals surface area (Å²) in [6.45, 7) is 0.668. The molecule has 15 heavy (non-hydrogen) atoms. The molecule has 0 aliphatic carbocycles. The summed E-state index contributed by atoms with van der Waals surface area (Å²) in [5.41, 5.74) is 6.22. The molecule has 2 aromatic rings. The second kappa shape index (κ2) is 4.74. The van der Waals surface area contributed by atoms with Crippen LogP contribution >= 0.6 is 22.9 Å². The van der Waals surface area contributed by atoms with Crippen LogP contribution in [0.4, 0.5) is 0 Å². The molecule has 6 heteroatoms. The minimum Gasteiger partial charge on any atom is -0.452 e. The Hall–Kier alpha value is -0.910. The van der Waals surface area contributed by atoms with Gasteiger partial charge in [-0.2, -0.15) is 0 Å². The fourth-order valence-corrected chi connectivity index (χ4v) is 2.33. The van der Waals surface area contributed by atoms with Crippen molar-refractivity contribution in [1.29, 1.82) is 0 Å². The van der Waals surface area contributed by atoms with Crippen LogP contribution in [0.25, 0.3) is 10.6 Å². The summed E-state index contributed by atoms with van der Waals surface area (Å²) in [4.78, 5) is 0. The van der Waals surface area contributed by atoms with Gasteiger partial charge in [-0.15, -0.1) is 10.2 Å². The highest BCUT2D eigenvalue weighted by atomic mass is 35.5. The number of aromatic nitrogens is 2. The van der Waals surface area contributed by atoms with Crippen molar-refractivity contribution in [3.63, 3.8) is 0 Å². The van der Waals surface area contributed by atoms with Gasteiger partial charge < -0.3 is 10.2 Å². The topological polar surface area (TPSA) is 64.9 Å². The van der Waals surface area contributed by atoms with Crippen LogP contribution in [0.5, 0.6) is 0 Å². The highest BCUT2D eigenvalue weighted by Crippen LogP contribution is 2.31. The van der Waals surface area contributed by atoms with Gasteiger partial charge in [0, 0.05) is 6.42 Å². The molecule has 4 nitrogen and oxygen atoms in total. The second-order valence-corrected chi connectivity index (χ2v) is 4.41. The SMILES string of the molecule is NCCCc1nnc(-c2ccoc2Cl)s1. The normalized spacial score (nSPS) is 10.8. The van der Waals surface area contributed by atoms with Crippen molar-refractivity contribution in [3.05, 3.63) is 22.6 Å². The van der Waals surface area contributed by atoms with Crippen molar-refractivity contribution < 1.29 is 4.42 Å². The first-order chi connectivity index (χ1) is 7.31. The van der Waals surface area contributed by atoms with Gasteiger partial charge >= 0.3 is 0 Å². The van der Waals surface area contributed by atoms with Gasteiger partial charge in [-0.1, -0.05) is 11.3 Å². The first kappa shape index (κ1) is 10.6. The van der Waals surface area contributed by atoms with E-state index in [1.54, 1.807) is 12.3 Å². The van der Waals surface area contributed by atoms with Crippen molar-refractivity contribution in [2.45, 2.75) is 12.8 Å². The zero-order valence-electron chi connectivity index (χ0n) is 7.94. The van der Waals surface area contributed by atoms with Crippen molar-refractivity contribution in [1.82, 2.24) is 10.2 Å². The molecule has 0 saturated carbocycles. The van der Waals surface area contributed by atoms with Crippen LogP contribution in [-0.2, 0) is 6.42 Å². The third-order valence-corrected chi connectivity index (χ3v) is 3.22. The van der Waals surface area contributed by atoms with Gasteiger partial charge in [0.25, 0.3) is 0 Å². The first-order valence-electron chi connectivity index (χ1n) is 4.57. The summed E-state index contributed by atoms with van der Waals surface area (Å²) in [6, 6.07) is 1.79. The largest absolute Gasteiger partial charge is 0.452 e. The molecule has 0 aromatic carbocycles. The number of hydrogen-bond donors (Lipinski definition) is 1. The summed E-state index contributed by atoms with van der Waals surface area (Å²) in [6.07, 6.45) is 3.33. The molecular formula is C9H10ClN3OS. The molecule has 0 amide bonds. The summed E-state index contributed by atoms with van der Waals surface area (Å²) >= 11 is 7.36. The Kier molecular flexibility index (Phi) is 3.35. The Balaban J connectivity index is 2.17. The lowest BCUT2D eigenvalue weighted by Crippen LogP contribution is -1.99. The van der Waals surface area contributed by atoms with Gasteiger partial charge in [0.1, 0.15) is 5.01 Å². The van der Waals surface area contributed by atoms with Gasteiger partial charge in [0.15, 0.2) is 5.01 Å². The van der Waals surface area contributed by atoms with Gasteiger partial charge in [-0.05, 0) is 30.6 Å². The molecule has 2 aromatic heterocycles. The molecule has 0 spiro atoms. The van der Waals surface area contributed by atoms with E-state index < -0.39 is 0 Å². The van der Waals surface area contributed by atoms with E-state index in [1.165, 1.54) is 11.3 Å². The van der Waals surface area contributed by atoms with E-state index in [0.29, 0.717) is 11.8 Å². The lowest BCUT2D eigenvalue weighted by atomic mass is 10.3. The van der Waals surface area contributed by atoms with E-state index in [2.05, 4.69) is 10.2 Å². The van der Waals surface area contributed by atoms with Crippen LogP contribution < -0.4 is 5.73 Å². The van der Waals surface area contributed by atoms with Gasteiger partial charge in [-0.3, -0.25) is 0 Å². The summed E-state index contributed by atoms with van der Waals surface area (Å²) in [5.74, 6) is 0. The van der Waals surface area contributed by atoms with E-state index in [9.17, 15) is 0 Å². The van der Waals surface area contributed by atoms with Gasteiger partial charge in [-0.25, -0.2) is 0 Å². The average Bonchev–Trinajstić information content (AvgIpc) is 2.83. The predicted molar refractivity (Wildman–Crippen MR) is 60.0 cm³/mol. The Bertz CT molecular complexity index is 440. The Morgan fingerprint density at radius 2 is 2.33 bits per heavy atom. The van der Waals surface area contributed by atoms with Crippen molar-refractivity contribution in [3.8, 4) is 10.6 Å².